The minimum absolute atomic E-state index is 0.00262. The summed E-state index contributed by atoms with van der Waals surface area (Å²) >= 11 is 0. The number of hydrogen-bond acceptors (Lipinski definition) is 2. The van der Waals surface area contributed by atoms with Crippen LogP contribution < -0.4 is 0 Å². The van der Waals surface area contributed by atoms with Gasteiger partial charge < -0.3 is 4.90 Å². The van der Waals surface area contributed by atoms with Crippen molar-refractivity contribution in [3.8, 4) is 0 Å². The molecule has 1 rings (SSSR count). The number of rotatable bonds is 5. The molecule has 0 bridgehead atoms. The molecule has 102 valence electrons. The van der Waals surface area contributed by atoms with E-state index in [4.69, 9.17) is 0 Å². The second kappa shape index (κ2) is 6.21. The highest BCUT2D eigenvalue weighted by Crippen LogP contribution is 2.35. The number of carbonyl (C=O) groups is 1. The summed E-state index contributed by atoms with van der Waals surface area (Å²) in [5, 5.41) is 0. The van der Waals surface area contributed by atoms with Crippen LogP contribution in [0.4, 0.5) is 0 Å². The van der Waals surface area contributed by atoms with Crippen LogP contribution in [0.1, 0.15) is 47.5 Å². The summed E-state index contributed by atoms with van der Waals surface area (Å²) in [5.74, 6) is 0.806. The van der Waals surface area contributed by atoms with Crippen LogP contribution in [0.15, 0.2) is 23.9 Å². The van der Waals surface area contributed by atoms with E-state index in [0.717, 1.165) is 31.5 Å². The minimum Gasteiger partial charge on any atom is -0.377 e. The predicted octanol–water partition coefficient (Wildman–Crippen LogP) is 3.79. The second-order valence-electron chi connectivity index (χ2n) is 6.24. The molecule has 0 aromatic rings. The van der Waals surface area contributed by atoms with Crippen LogP contribution in [-0.2, 0) is 4.79 Å². The Morgan fingerprint density at radius 2 is 2.17 bits per heavy atom. The lowest BCUT2D eigenvalue weighted by Gasteiger charge is -2.37. The van der Waals surface area contributed by atoms with Crippen molar-refractivity contribution >= 4 is 5.78 Å². The van der Waals surface area contributed by atoms with Gasteiger partial charge in [-0.15, -0.1) is 0 Å². The van der Waals surface area contributed by atoms with E-state index in [0.29, 0.717) is 5.92 Å². The molecule has 0 aromatic heterocycles. The van der Waals surface area contributed by atoms with E-state index in [2.05, 4.69) is 45.7 Å². The van der Waals surface area contributed by atoms with Crippen LogP contribution in [0.25, 0.3) is 0 Å². The molecule has 0 unspecified atom stereocenters. The van der Waals surface area contributed by atoms with Crippen molar-refractivity contribution < 1.29 is 4.79 Å². The van der Waals surface area contributed by atoms with Gasteiger partial charge in [-0.2, -0.15) is 0 Å². The molecule has 0 spiro atoms. The molecule has 2 heteroatoms. The summed E-state index contributed by atoms with van der Waals surface area (Å²) < 4.78 is 0. The van der Waals surface area contributed by atoms with Gasteiger partial charge in [-0.25, -0.2) is 0 Å². The molecule has 0 atom stereocenters. The first-order valence-electron chi connectivity index (χ1n) is 7.04. The number of allylic oxidation sites excluding steroid dienone is 3. The van der Waals surface area contributed by atoms with Gasteiger partial charge in [-0.05, 0) is 30.3 Å². The number of hydrogen-bond donors (Lipinski definition) is 0. The van der Waals surface area contributed by atoms with Crippen LogP contribution in [0, 0.1) is 11.3 Å². The fourth-order valence-corrected chi connectivity index (χ4v) is 2.30. The lowest BCUT2D eigenvalue weighted by molar-refractivity contribution is -0.112. The summed E-state index contributed by atoms with van der Waals surface area (Å²) in [7, 11) is 0. The predicted molar refractivity (Wildman–Crippen MR) is 77.3 cm³/mol. The van der Waals surface area contributed by atoms with Crippen molar-refractivity contribution in [2.45, 2.75) is 47.5 Å². The zero-order valence-electron chi connectivity index (χ0n) is 12.5. The van der Waals surface area contributed by atoms with Gasteiger partial charge in [-0.1, -0.05) is 40.7 Å². The number of nitrogens with zero attached hydrogens (tertiary/aromatic N) is 1. The SMILES string of the molecule is CC/C=C/C(=O)C1=CN(CC(C)C)CCC1(C)C. The highest BCUT2D eigenvalue weighted by atomic mass is 16.1. The maximum atomic E-state index is 12.2. The molecule has 0 aromatic carbocycles. The van der Waals surface area contributed by atoms with E-state index in [-0.39, 0.29) is 11.2 Å². The van der Waals surface area contributed by atoms with Gasteiger partial charge in [0, 0.05) is 24.9 Å². The number of carbonyl (C=O) groups excluding carboxylic acids is 1. The van der Waals surface area contributed by atoms with Gasteiger partial charge in [0.2, 0.25) is 0 Å². The Morgan fingerprint density at radius 3 is 2.72 bits per heavy atom. The molecule has 0 fully saturated rings. The fourth-order valence-electron chi connectivity index (χ4n) is 2.30. The molecule has 0 N–H and O–H groups in total. The summed E-state index contributed by atoms with van der Waals surface area (Å²) in [6.07, 6.45) is 7.73. The first-order chi connectivity index (χ1) is 8.36. The van der Waals surface area contributed by atoms with Crippen molar-refractivity contribution in [2.24, 2.45) is 11.3 Å². The van der Waals surface area contributed by atoms with Crippen molar-refractivity contribution in [1.82, 2.24) is 4.90 Å². The van der Waals surface area contributed by atoms with Gasteiger partial charge in [-0.3, -0.25) is 4.79 Å². The van der Waals surface area contributed by atoms with Crippen LogP contribution in [0.5, 0.6) is 0 Å². The smallest absolute Gasteiger partial charge is 0.183 e. The van der Waals surface area contributed by atoms with E-state index in [1.165, 1.54) is 0 Å². The Labute approximate surface area is 112 Å². The van der Waals surface area contributed by atoms with Crippen LogP contribution >= 0.6 is 0 Å². The second-order valence-corrected chi connectivity index (χ2v) is 6.24. The lowest BCUT2D eigenvalue weighted by Crippen LogP contribution is -2.36. The molecule has 1 aliphatic rings. The Morgan fingerprint density at radius 1 is 1.50 bits per heavy atom. The first kappa shape index (κ1) is 15.0. The normalized spacial score (nSPS) is 19.4. The Hall–Kier alpha value is -1.05. The van der Waals surface area contributed by atoms with E-state index < -0.39 is 0 Å². The zero-order chi connectivity index (χ0) is 13.8. The number of ketones is 1. The van der Waals surface area contributed by atoms with Crippen LogP contribution in [-0.4, -0.2) is 23.8 Å². The summed E-state index contributed by atoms with van der Waals surface area (Å²) in [6, 6.07) is 0. The summed E-state index contributed by atoms with van der Waals surface area (Å²) in [6.45, 7) is 12.9. The molecule has 1 heterocycles. The highest BCUT2D eigenvalue weighted by Gasteiger charge is 2.31. The molecule has 1 aliphatic heterocycles. The van der Waals surface area contributed by atoms with Gasteiger partial charge in [0.15, 0.2) is 5.78 Å². The average Bonchev–Trinajstić information content (AvgIpc) is 2.27. The molecular weight excluding hydrogens is 222 g/mol. The summed E-state index contributed by atoms with van der Waals surface area (Å²) in [5.41, 5.74) is 0.960. The first-order valence-corrected chi connectivity index (χ1v) is 7.04. The average molecular weight is 249 g/mol. The maximum Gasteiger partial charge on any atom is 0.183 e. The summed E-state index contributed by atoms with van der Waals surface area (Å²) in [4.78, 5) is 14.5. The largest absolute Gasteiger partial charge is 0.377 e. The van der Waals surface area contributed by atoms with E-state index in [9.17, 15) is 4.79 Å². The molecule has 0 radical (unpaired) electrons. The van der Waals surface area contributed by atoms with Crippen molar-refractivity contribution in [2.75, 3.05) is 13.1 Å². The van der Waals surface area contributed by atoms with Gasteiger partial charge in [0.25, 0.3) is 0 Å². The molecular formula is C16H27NO. The minimum atomic E-state index is 0.00262. The molecule has 0 saturated carbocycles. The van der Waals surface area contributed by atoms with Crippen LogP contribution in [0.3, 0.4) is 0 Å². The van der Waals surface area contributed by atoms with E-state index in [1.807, 2.05) is 6.08 Å². The Kier molecular flexibility index (Phi) is 5.18. The Balaban J connectivity index is 2.90. The van der Waals surface area contributed by atoms with Crippen molar-refractivity contribution in [3.63, 3.8) is 0 Å². The third-order valence-electron chi connectivity index (χ3n) is 3.43. The monoisotopic (exact) mass is 249 g/mol. The van der Waals surface area contributed by atoms with Gasteiger partial charge in [0.05, 0.1) is 0 Å². The molecule has 0 saturated heterocycles. The van der Waals surface area contributed by atoms with Crippen LogP contribution in [0.2, 0.25) is 0 Å². The Bertz CT molecular complexity index is 350. The van der Waals surface area contributed by atoms with Crippen molar-refractivity contribution in [1.29, 1.82) is 0 Å². The molecule has 2 nitrogen and oxygen atoms in total. The van der Waals surface area contributed by atoms with Gasteiger partial charge >= 0.3 is 0 Å². The zero-order valence-corrected chi connectivity index (χ0v) is 12.5. The van der Waals surface area contributed by atoms with E-state index in [1.54, 1.807) is 6.08 Å². The molecule has 18 heavy (non-hydrogen) atoms. The van der Waals surface area contributed by atoms with Gasteiger partial charge in [0.1, 0.15) is 0 Å². The topological polar surface area (TPSA) is 20.3 Å². The lowest BCUT2D eigenvalue weighted by atomic mass is 9.77. The molecule has 0 amide bonds. The third kappa shape index (κ3) is 4.01. The van der Waals surface area contributed by atoms with E-state index >= 15 is 0 Å². The highest BCUT2D eigenvalue weighted by molar-refractivity contribution is 6.04. The maximum absolute atomic E-state index is 12.2. The quantitative estimate of drug-likeness (QED) is 0.691. The fraction of sp³-hybridized carbons (Fsp3) is 0.688. The van der Waals surface area contributed by atoms with Crippen molar-refractivity contribution in [3.05, 3.63) is 23.9 Å². The third-order valence-corrected chi connectivity index (χ3v) is 3.43. The molecule has 0 aliphatic carbocycles. The standard InChI is InChI=1S/C16H27NO/c1-6-7-8-15(18)14-12-17(11-13(2)3)10-9-16(14,4)5/h7-8,12-13H,6,9-11H2,1-5H3/b8-7+.